The van der Waals surface area contributed by atoms with E-state index in [1.54, 1.807) is 62.6 Å². The molecule has 0 bridgehead atoms. The van der Waals surface area contributed by atoms with Gasteiger partial charge in [-0.15, -0.1) is 0 Å². The molecule has 0 fully saturated rings. The number of ether oxygens (including phenoxy) is 3. The van der Waals surface area contributed by atoms with Gasteiger partial charge in [-0.25, -0.2) is 4.79 Å². The van der Waals surface area contributed by atoms with Crippen molar-refractivity contribution in [1.29, 1.82) is 0 Å². The van der Waals surface area contributed by atoms with Crippen LogP contribution in [0.15, 0.2) is 84.9 Å². The van der Waals surface area contributed by atoms with Crippen molar-refractivity contribution in [2.24, 2.45) is 5.73 Å². The number of benzene rings is 4. The number of likely N-dealkylation sites (N-methyl/N-ethyl adjacent to an activating group) is 1. The lowest BCUT2D eigenvalue weighted by atomic mass is 9.86. The number of rotatable bonds is 7. The summed E-state index contributed by atoms with van der Waals surface area (Å²) in [6.07, 6.45) is 0. The third-order valence-corrected chi connectivity index (χ3v) is 7.31. The molecule has 41 heavy (non-hydrogen) atoms. The summed E-state index contributed by atoms with van der Waals surface area (Å²) in [6, 6.07) is 24.8. The van der Waals surface area contributed by atoms with Gasteiger partial charge in [-0.1, -0.05) is 42.5 Å². The second-order valence-corrected chi connectivity index (χ2v) is 10.4. The van der Waals surface area contributed by atoms with Gasteiger partial charge in [-0.3, -0.25) is 4.79 Å². The van der Waals surface area contributed by atoms with Crippen molar-refractivity contribution in [3.8, 4) is 28.4 Å². The van der Waals surface area contributed by atoms with Crippen LogP contribution < -0.4 is 30.2 Å². The van der Waals surface area contributed by atoms with E-state index in [-0.39, 0.29) is 5.91 Å². The van der Waals surface area contributed by atoms with E-state index in [0.29, 0.717) is 28.5 Å². The highest BCUT2D eigenvalue weighted by Crippen LogP contribution is 2.48. The largest absolute Gasteiger partial charge is 0.496 e. The number of hydrogen-bond acceptors (Lipinski definition) is 7. The van der Waals surface area contributed by atoms with Gasteiger partial charge in [0, 0.05) is 29.8 Å². The number of methoxy groups -OCH3 is 2. The molecule has 210 valence electrons. The van der Waals surface area contributed by atoms with Crippen molar-refractivity contribution in [3.63, 3.8) is 0 Å². The Balaban J connectivity index is 1.67. The number of carbonyl (C=O) groups excluding carboxylic acids is 2. The van der Waals surface area contributed by atoms with Gasteiger partial charge in [0.05, 0.1) is 37.2 Å². The number of nitrogens with one attached hydrogen (secondary N) is 1. The summed E-state index contributed by atoms with van der Waals surface area (Å²) in [5.41, 5.74) is 11.1. The number of nitrogens with two attached hydrogens (primary N) is 1. The summed E-state index contributed by atoms with van der Waals surface area (Å²) in [7, 11) is 4.92. The summed E-state index contributed by atoms with van der Waals surface area (Å²) in [5, 5.41) is 3.38. The van der Waals surface area contributed by atoms with E-state index in [1.165, 1.54) is 0 Å². The fraction of sp³-hybridized carbons (Fsp3) is 0.212. The SMILES string of the molecule is COc1cc(OC(=O)c2ccccc2)ccc1-c1ccc2c(c1C(N)c1ccccc1OC)N(C)C(=O)C(C)(C)N2. The van der Waals surface area contributed by atoms with Crippen LogP contribution in [-0.4, -0.2) is 38.7 Å². The maximum atomic E-state index is 13.4. The summed E-state index contributed by atoms with van der Waals surface area (Å²) in [4.78, 5) is 27.7. The second kappa shape index (κ2) is 11.0. The van der Waals surface area contributed by atoms with Gasteiger partial charge in [0.2, 0.25) is 0 Å². The van der Waals surface area contributed by atoms with Crippen LogP contribution in [0.5, 0.6) is 17.2 Å². The number of amides is 1. The van der Waals surface area contributed by atoms with Crippen molar-refractivity contribution < 1.29 is 23.8 Å². The predicted molar refractivity (Wildman–Crippen MR) is 160 cm³/mol. The Bertz CT molecular complexity index is 1620. The molecule has 4 aromatic rings. The van der Waals surface area contributed by atoms with E-state index >= 15 is 0 Å². The molecule has 0 aromatic heterocycles. The predicted octanol–water partition coefficient (Wildman–Crippen LogP) is 5.81. The number of para-hydroxylation sites is 1. The van der Waals surface area contributed by atoms with Gasteiger partial charge in [-0.05, 0) is 55.8 Å². The molecule has 1 unspecified atom stereocenters. The van der Waals surface area contributed by atoms with Crippen LogP contribution in [0, 0.1) is 0 Å². The standard InChI is InChI=1S/C33H33N3O5/c1-33(2)32(38)36(3)30-25(35-33)18-17-23(28(30)29(34)24-13-9-10-14-26(24)39-4)22-16-15-21(19-27(22)40-5)41-31(37)20-11-7-6-8-12-20/h6-19,29,35H,34H2,1-5H3. The molecule has 1 atom stereocenters. The number of carbonyl (C=O) groups is 2. The first-order chi connectivity index (χ1) is 19.7. The van der Waals surface area contributed by atoms with Gasteiger partial charge in [0.15, 0.2) is 0 Å². The monoisotopic (exact) mass is 551 g/mol. The normalized spacial score (nSPS) is 14.5. The zero-order chi connectivity index (χ0) is 29.3. The van der Waals surface area contributed by atoms with Crippen LogP contribution in [0.1, 0.15) is 41.4 Å². The third-order valence-electron chi connectivity index (χ3n) is 7.31. The molecule has 1 heterocycles. The van der Waals surface area contributed by atoms with Gasteiger partial charge >= 0.3 is 5.97 Å². The molecule has 3 N–H and O–H groups in total. The molecule has 5 rings (SSSR count). The Morgan fingerprint density at radius 3 is 2.24 bits per heavy atom. The van der Waals surface area contributed by atoms with Crippen molar-refractivity contribution in [1.82, 2.24) is 0 Å². The van der Waals surface area contributed by atoms with Crippen molar-refractivity contribution in [3.05, 3.63) is 102 Å². The Hall–Kier alpha value is -4.82. The Morgan fingerprint density at radius 2 is 1.54 bits per heavy atom. The maximum absolute atomic E-state index is 13.4. The van der Waals surface area contributed by atoms with Crippen LogP contribution >= 0.6 is 0 Å². The smallest absolute Gasteiger partial charge is 0.343 e. The zero-order valence-corrected chi connectivity index (χ0v) is 23.7. The van der Waals surface area contributed by atoms with Crippen molar-refractivity contribution in [2.45, 2.75) is 25.4 Å². The average Bonchev–Trinajstić information content (AvgIpc) is 2.99. The first kappa shape index (κ1) is 27.7. The van der Waals surface area contributed by atoms with E-state index in [0.717, 1.165) is 27.9 Å². The highest BCUT2D eigenvalue weighted by Gasteiger charge is 2.40. The fourth-order valence-electron chi connectivity index (χ4n) is 5.31. The van der Waals surface area contributed by atoms with E-state index in [1.807, 2.05) is 62.4 Å². The van der Waals surface area contributed by atoms with Crippen LogP contribution in [0.25, 0.3) is 11.1 Å². The molecular formula is C33H33N3O5. The van der Waals surface area contributed by atoms with Crippen LogP contribution in [0.4, 0.5) is 11.4 Å². The topological polar surface area (TPSA) is 103 Å². The summed E-state index contributed by atoms with van der Waals surface area (Å²) in [5.74, 6) is 0.892. The van der Waals surface area contributed by atoms with Crippen LogP contribution in [0.2, 0.25) is 0 Å². The molecule has 0 spiro atoms. The average molecular weight is 552 g/mol. The lowest BCUT2D eigenvalue weighted by Gasteiger charge is -2.40. The summed E-state index contributed by atoms with van der Waals surface area (Å²) < 4.78 is 17.1. The number of anilines is 2. The summed E-state index contributed by atoms with van der Waals surface area (Å²) >= 11 is 0. The van der Waals surface area contributed by atoms with E-state index in [4.69, 9.17) is 19.9 Å². The highest BCUT2D eigenvalue weighted by molar-refractivity contribution is 6.09. The molecule has 0 saturated carbocycles. The quantitative estimate of drug-likeness (QED) is 0.221. The number of esters is 1. The number of nitrogens with zero attached hydrogens (tertiary/aromatic N) is 1. The Morgan fingerprint density at radius 1 is 0.878 bits per heavy atom. The lowest BCUT2D eigenvalue weighted by molar-refractivity contribution is -0.121. The fourth-order valence-corrected chi connectivity index (χ4v) is 5.31. The molecule has 1 aliphatic rings. The van der Waals surface area contributed by atoms with Gasteiger partial charge in [-0.2, -0.15) is 0 Å². The number of fused-ring (bicyclic) bond motifs is 1. The number of hydrogen-bond donors (Lipinski definition) is 2. The Kier molecular flexibility index (Phi) is 7.43. The molecule has 0 saturated heterocycles. The second-order valence-electron chi connectivity index (χ2n) is 10.4. The molecule has 1 amide bonds. The van der Waals surface area contributed by atoms with E-state index < -0.39 is 17.6 Å². The lowest BCUT2D eigenvalue weighted by Crippen LogP contribution is -2.52. The first-order valence-electron chi connectivity index (χ1n) is 13.2. The third kappa shape index (κ3) is 5.10. The zero-order valence-electron chi connectivity index (χ0n) is 23.7. The minimum Gasteiger partial charge on any atom is -0.496 e. The maximum Gasteiger partial charge on any atom is 0.343 e. The molecule has 0 aliphatic carbocycles. The minimum absolute atomic E-state index is 0.0919. The molecule has 4 aromatic carbocycles. The van der Waals surface area contributed by atoms with Gasteiger partial charge in [0.25, 0.3) is 5.91 Å². The van der Waals surface area contributed by atoms with Crippen LogP contribution in [0.3, 0.4) is 0 Å². The highest BCUT2D eigenvalue weighted by atomic mass is 16.5. The molecule has 8 heteroatoms. The van der Waals surface area contributed by atoms with Gasteiger partial charge < -0.3 is 30.2 Å². The Labute approximate surface area is 239 Å². The minimum atomic E-state index is -0.795. The van der Waals surface area contributed by atoms with E-state index in [9.17, 15) is 9.59 Å². The molecule has 0 radical (unpaired) electrons. The van der Waals surface area contributed by atoms with E-state index in [2.05, 4.69) is 5.32 Å². The van der Waals surface area contributed by atoms with Crippen molar-refractivity contribution >= 4 is 23.3 Å². The van der Waals surface area contributed by atoms with Gasteiger partial charge in [0.1, 0.15) is 22.8 Å². The van der Waals surface area contributed by atoms with Crippen molar-refractivity contribution in [2.75, 3.05) is 31.5 Å². The first-order valence-corrected chi connectivity index (χ1v) is 13.2. The molecular weight excluding hydrogens is 518 g/mol. The summed E-state index contributed by atoms with van der Waals surface area (Å²) in [6.45, 7) is 3.70. The molecule has 1 aliphatic heterocycles. The molecule has 8 nitrogen and oxygen atoms in total. The van der Waals surface area contributed by atoms with Crippen LogP contribution in [-0.2, 0) is 4.79 Å².